The van der Waals surface area contributed by atoms with E-state index < -0.39 is 0 Å². The molecule has 0 amide bonds. The van der Waals surface area contributed by atoms with E-state index in [0.29, 0.717) is 11.8 Å². The molecule has 3 atom stereocenters. The Morgan fingerprint density at radius 1 is 0.923 bits per heavy atom. The summed E-state index contributed by atoms with van der Waals surface area (Å²) in [6, 6.07) is 0. The zero-order valence-electron chi connectivity index (χ0n) is 9.49. The summed E-state index contributed by atoms with van der Waals surface area (Å²) in [6.07, 6.45) is -0.334. The van der Waals surface area contributed by atoms with E-state index in [1.807, 2.05) is 6.92 Å². The largest absolute Gasteiger partial charge is 0.396 e. The van der Waals surface area contributed by atoms with Crippen LogP contribution in [-0.4, -0.2) is 22.9 Å². The van der Waals surface area contributed by atoms with E-state index in [0.717, 1.165) is 0 Å². The topological polar surface area (TPSA) is 40.5 Å². The van der Waals surface area contributed by atoms with E-state index in [4.69, 9.17) is 0 Å². The highest BCUT2D eigenvalue weighted by Gasteiger charge is 2.29. The molecule has 3 unspecified atom stereocenters. The van der Waals surface area contributed by atoms with E-state index in [1.165, 1.54) is 0 Å². The summed E-state index contributed by atoms with van der Waals surface area (Å²) in [4.78, 5) is 0. The van der Waals surface area contributed by atoms with Crippen molar-refractivity contribution >= 4 is 0 Å². The highest BCUT2D eigenvalue weighted by molar-refractivity contribution is 4.78. The molecule has 0 aliphatic heterocycles. The average molecular weight is 188 g/mol. The lowest BCUT2D eigenvalue weighted by Crippen LogP contribution is -2.35. The van der Waals surface area contributed by atoms with Gasteiger partial charge in [0.1, 0.15) is 0 Å². The Labute approximate surface area is 82.0 Å². The summed E-state index contributed by atoms with van der Waals surface area (Å²) < 4.78 is 0. The lowest BCUT2D eigenvalue weighted by Gasteiger charge is -2.33. The fourth-order valence-electron chi connectivity index (χ4n) is 2.19. The normalized spacial score (nSPS) is 19.2. The van der Waals surface area contributed by atoms with E-state index >= 15 is 0 Å². The number of aliphatic hydroxyl groups is 2. The fourth-order valence-corrected chi connectivity index (χ4v) is 2.19. The molecule has 0 aromatic heterocycles. The van der Waals surface area contributed by atoms with E-state index in [1.54, 1.807) is 0 Å². The first-order valence-electron chi connectivity index (χ1n) is 5.20. The highest BCUT2D eigenvalue weighted by atomic mass is 16.3. The Morgan fingerprint density at radius 3 is 1.46 bits per heavy atom. The molecule has 2 heteroatoms. The van der Waals surface area contributed by atoms with Crippen LogP contribution in [0.4, 0.5) is 0 Å². The molecule has 0 aromatic carbocycles. The van der Waals surface area contributed by atoms with Crippen molar-refractivity contribution in [3.8, 4) is 0 Å². The monoisotopic (exact) mass is 188 g/mol. The second kappa shape index (κ2) is 5.61. The van der Waals surface area contributed by atoms with Gasteiger partial charge >= 0.3 is 0 Å². The Kier molecular flexibility index (Phi) is 5.57. The molecule has 0 radical (unpaired) electrons. The van der Waals surface area contributed by atoms with Gasteiger partial charge in [-0.25, -0.2) is 0 Å². The van der Waals surface area contributed by atoms with Crippen LogP contribution in [0.5, 0.6) is 0 Å². The van der Waals surface area contributed by atoms with E-state index in [9.17, 15) is 10.2 Å². The van der Waals surface area contributed by atoms with Crippen molar-refractivity contribution in [1.29, 1.82) is 0 Å². The van der Waals surface area contributed by atoms with Crippen LogP contribution in [0.2, 0.25) is 0 Å². The van der Waals surface area contributed by atoms with Gasteiger partial charge in [0.15, 0.2) is 0 Å². The first-order chi connectivity index (χ1) is 5.91. The first-order valence-corrected chi connectivity index (χ1v) is 5.20. The van der Waals surface area contributed by atoms with Crippen LogP contribution in [0.15, 0.2) is 0 Å². The summed E-state index contributed by atoms with van der Waals surface area (Å²) in [7, 11) is 0. The second-order valence-corrected chi connectivity index (χ2v) is 4.65. The third-order valence-corrected chi connectivity index (χ3v) is 2.89. The number of hydrogen-bond acceptors (Lipinski definition) is 2. The van der Waals surface area contributed by atoms with Crippen molar-refractivity contribution < 1.29 is 10.2 Å². The lowest BCUT2D eigenvalue weighted by molar-refractivity contribution is 0.0139. The minimum absolute atomic E-state index is 0.172. The zero-order valence-corrected chi connectivity index (χ0v) is 9.49. The van der Waals surface area contributed by atoms with Gasteiger partial charge < -0.3 is 10.2 Å². The molecule has 0 aliphatic carbocycles. The maximum atomic E-state index is 9.62. The third-order valence-electron chi connectivity index (χ3n) is 2.89. The third kappa shape index (κ3) is 3.65. The molecule has 13 heavy (non-hydrogen) atoms. The van der Waals surface area contributed by atoms with Crippen LogP contribution < -0.4 is 0 Å². The van der Waals surface area contributed by atoms with Gasteiger partial charge in [0.25, 0.3) is 0 Å². The minimum Gasteiger partial charge on any atom is -0.396 e. The number of aliphatic hydroxyl groups excluding tert-OH is 2. The predicted octanol–water partition coefficient (Wildman–Crippen LogP) is 1.90. The number of rotatable bonds is 5. The first kappa shape index (κ1) is 12.9. The van der Waals surface area contributed by atoms with Crippen molar-refractivity contribution in [1.82, 2.24) is 0 Å². The SMILES string of the molecule is CC(C)C(CO)C(C(C)C)C(C)O. The minimum atomic E-state index is -0.334. The summed E-state index contributed by atoms with van der Waals surface area (Å²) in [6.45, 7) is 10.4. The highest BCUT2D eigenvalue weighted by Crippen LogP contribution is 2.29. The van der Waals surface area contributed by atoms with Crippen LogP contribution in [0.3, 0.4) is 0 Å². The molecule has 0 saturated carbocycles. The zero-order chi connectivity index (χ0) is 10.6. The molecule has 0 fully saturated rings. The van der Waals surface area contributed by atoms with Crippen LogP contribution in [0.1, 0.15) is 34.6 Å². The molecule has 0 saturated heterocycles. The van der Waals surface area contributed by atoms with Gasteiger partial charge in [-0.05, 0) is 30.6 Å². The molecule has 0 aromatic rings. The second-order valence-electron chi connectivity index (χ2n) is 4.65. The lowest BCUT2D eigenvalue weighted by atomic mass is 9.75. The van der Waals surface area contributed by atoms with Crippen LogP contribution in [0, 0.1) is 23.7 Å². The molecule has 0 spiro atoms. The van der Waals surface area contributed by atoms with Crippen molar-refractivity contribution in [2.24, 2.45) is 23.7 Å². The summed E-state index contributed by atoms with van der Waals surface area (Å²) in [5.41, 5.74) is 0. The molecule has 2 N–H and O–H groups in total. The van der Waals surface area contributed by atoms with Gasteiger partial charge in [0.2, 0.25) is 0 Å². The Hall–Kier alpha value is -0.0800. The van der Waals surface area contributed by atoms with Crippen molar-refractivity contribution in [3.05, 3.63) is 0 Å². The van der Waals surface area contributed by atoms with Gasteiger partial charge in [-0.15, -0.1) is 0 Å². The molecular weight excluding hydrogens is 164 g/mol. The van der Waals surface area contributed by atoms with E-state index in [2.05, 4.69) is 27.7 Å². The smallest absolute Gasteiger partial charge is 0.0546 e. The molecular formula is C11H24O2. The van der Waals surface area contributed by atoms with Crippen LogP contribution in [0.25, 0.3) is 0 Å². The maximum Gasteiger partial charge on any atom is 0.0546 e. The van der Waals surface area contributed by atoms with Crippen LogP contribution >= 0.6 is 0 Å². The summed E-state index contributed by atoms with van der Waals surface area (Å²) >= 11 is 0. The van der Waals surface area contributed by atoms with Gasteiger partial charge in [0.05, 0.1) is 6.10 Å². The molecule has 0 bridgehead atoms. The summed E-state index contributed by atoms with van der Waals surface area (Å²) in [5, 5.41) is 18.9. The average Bonchev–Trinajstić information content (AvgIpc) is 1.97. The van der Waals surface area contributed by atoms with Crippen molar-refractivity contribution in [2.75, 3.05) is 6.61 Å². The fraction of sp³-hybridized carbons (Fsp3) is 1.00. The Balaban J connectivity index is 4.49. The molecule has 0 aliphatic rings. The Bertz CT molecular complexity index is 122. The van der Waals surface area contributed by atoms with Crippen molar-refractivity contribution in [2.45, 2.75) is 40.7 Å². The van der Waals surface area contributed by atoms with Gasteiger partial charge in [-0.1, -0.05) is 27.7 Å². The quantitative estimate of drug-likeness (QED) is 0.692. The van der Waals surface area contributed by atoms with Crippen molar-refractivity contribution in [3.63, 3.8) is 0 Å². The maximum absolute atomic E-state index is 9.62. The predicted molar refractivity (Wildman–Crippen MR) is 55.4 cm³/mol. The standard InChI is InChI=1S/C11H24O2/c1-7(2)10(6-12)11(8(3)4)9(5)13/h7-13H,6H2,1-5H3. The van der Waals surface area contributed by atoms with Crippen LogP contribution in [-0.2, 0) is 0 Å². The van der Waals surface area contributed by atoms with E-state index in [-0.39, 0.29) is 24.5 Å². The van der Waals surface area contributed by atoms with Gasteiger partial charge in [-0.3, -0.25) is 0 Å². The summed E-state index contributed by atoms with van der Waals surface area (Å²) in [5.74, 6) is 1.25. The molecule has 80 valence electrons. The molecule has 0 heterocycles. The number of hydrogen-bond donors (Lipinski definition) is 2. The van der Waals surface area contributed by atoms with Gasteiger partial charge in [-0.2, -0.15) is 0 Å². The molecule has 2 nitrogen and oxygen atoms in total. The Morgan fingerprint density at radius 2 is 1.38 bits per heavy atom. The van der Waals surface area contributed by atoms with Gasteiger partial charge in [0, 0.05) is 6.61 Å². The molecule has 0 rings (SSSR count).